The summed E-state index contributed by atoms with van der Waals surface area (Å²) in [7, 11) is 1.63. The van der Waals surface area contributed by atoms with Crippen molar-refractivity contribution in [2.75, 3.05) is 25.2 Å². The number of nitrogens with zero attached hydrogens (tertiary/aromatic N) is 1. The van der Waals surface area contributed by atoms with Crippen molar-refractivity contribution in [1.82, 2.24) is 0 Å². The lowest BCUT2D eigenvalue weighted by Crippen LogP contribution is -2.33. The average Bonchev–Trinajstić information content (AvgIpc) is 2.85. The Labute approximate surface area is 112 Å². The number of aliphatic hydroxyl groups is 1. The summed E-state index contributed by atoms with van der Waals surface area (Å²) in [6.45, 7) is 1.06. The third-order valence-corrected chi connectivity index (χ3v) is 3.59. The lowest BCUT2D eigenvalue weighted by molar-refractivity contribution is 0.266. The summed E-state index contributed by atoms with van der Waals surface area (Å²) in [5, 5.41) is 9.42. The van der Waals surface area contributed by atoms with Gasteiger partial charge in [0.25, 0.3) is 0 Å². The summed E-state index contributed by atoms with van der Waals surface area (Å²) in [6, 6.07) is 5.80. The lowest BCUT2D eigenvalue weighted by Gasteiger charge is -2.27. The topological polar surface area (TPSA) is 58.7 Å². The van der Waals surface area contributed by atoms with Crippen LogP contribution in [-0.4, -0.2) is 36.4 Å². The van der Waals surface area contributed by atoms with Crippen LogP contribution in [0.3, 0.4) is 0 Å². The Hall–Kier alpha value is -1.33. The molecule has 3 N–H and O–H groups in total. The van der Waals surface area contributed by atoms with E-state index in [1.165, 1.54) is 0 Å². The van der Waals surface area contributed by atoms with E-state index in [4.69, 9.17) is 22.7 Å². The molecule has 1 unspecified atom stereocenters. The lowest BCUT2D eigenvalue weighted by atomic mass is 10.1. The van der Waals surface area contributed by atoms with Crippen molar-refractivity contribution in [3.05, 3.63) is 23.8 Å². The number of benzene rings is 1. The van der Waals surface area contributed by atoms with E-state index in [2.05, 4.69) is 4.90 Å². The maximum absolute atomic E-state index is 9.42. The zero-order valence-electron chi connectivity index (χ0n) is 10.4. The monoisotopic (exact) mass is 266 g/mol. The minimum absolute atomic E-state index is 0.144. The number of methoxy groups -OCH3 is 1. The minimum Gasteiger partial charge on any atom is -0.497 e. The van der Waals surface area contributed by atoms with Gasteiger partial charge in [-0.2, -0.15) is 0 Å². The first-order chi connectivity index (χ1) is 8.67. The van der Waals surface area contributed by atoms with Gasteiger partial charge in [0.05, 0.1) is 25.4 Å². The quantitative estimate of drug-likeness (QED) is 0.804. The van der Waals surface area contributed by atoms with Gasteiger partial charge in [-0.05, 0) is 25.0 Å². The average molecular weight is 266 g/mol. The van der Waals surface area contributed by atoms with Crippen LogP contribution < -0.4 is 15.4 Å². The maximum Gasteiger partial charge on any atom is 0.120 e. The highest BCUT2D eigenvalue weighted by Crippen LogP contribution is 2.31. The number of hydrogen-bond acceptors (Lipinski definition) is 4. The molecule has 1 aliphatic heterocycles. The molecule has 98 valence electrons. The molecule has 0 aliphatic carbocycles. The predicted octanol–water partition coefficient (Wildman–Crippen LogP) is 1.29. The standard InChI is InChI=1S/C13H18N2O2S/c1-17-10-4-5-11(13(14)18)12(7-10)15-6-2-3-9(15)8-16/h4-5,7,9,16H,2-3,6,8H2,1H3,(H2,14,18). The van der Waals surface area contributed by atoms with Crippen molar-refractivity contribution in [3.63, 3.8) is 0 Å². The summed E-state index contributed by atoms with van der Waals surface area (Å²) in [6.07, 6.45) is 2.06. The van der Waals surface area contributed by atoms with E-state index in [-0.39, 0.29) is 12.6 Å². The van der Waals surface area contributed by atoms with Crippen molar-refractivity contribution in [2.45, 2.75) is 18.9 Å². The number of ether oxygens (including phenoxy) is 1. The van der Waals surface area contributed by atoms with Crippen LogP contribution in [0.4, 0.5) is 5.69 Å². The van der Waals surface area contributed by atoms with E-state index in [9.17, 15) is 5.11 Å². The highest BCUT2D eigenvalue weighted by atomic mass is 32.1. The molecule has 5 heteroatoms. The largest absolute Gasteiger partial charge is 0.497 e. The molecule has 1 aliphatic rings. The van der Waals surface area contributed by atoms with Gasteiger partial charge in [0, 0.05) is 18.2 Å². The second kappa shape index (κ2) is 5.54. The number of thiocarbonyl (C=S) groups is 1. The molecular weight excluding hydrogens is 248 g/mol. The van der Waals surface area contributed by atoms with Crippen molar-refractivity contribution >= 4 is 22.9 Å². The van der Waals surface area contributed by atoms with E-state index in [0.717, 1.165) is 36.4 Å². The summed E-state index contributed by atoms with van der Waals surface area (Å²) in [5.41, 5.74) is 7.56. The van der Waals surface area contributed by atoms with Gasteiger partial charge in [0.1, 0.15) is 10.7 Å². The highest BCUT2D eigenvalue weighted by Gasteiger charge is 2.26. The molecular formula is C13H18N2O2S. The number of hydrogen-bond donors (Lipinski definition) is 2. The van der Waals surface area contributed by atoms with Crippen LogP contribution in [-0.2, 0) is 0 Å². The summed E-state index contributed by atoms with van der Waals surface area (Å²) < 4.78 is 5.24. The molecule has 1 aromatic carbocycles. The Kier molecular flexibility index (Phi) is 4.04. The van der Waals surface area contributed by atoms with Crippen molar-refractivity contribution < 1.29 is 9.84 Å². The third kappa shape index (κ3) is 2.42. The molecule has 18 heavy (non-hydrogen) atoms. The maximum atomic E-state index is 9.42. The molecule has 1 aromatic rings. The van der Waals surface area contributed by atoms with Crippen LogP contribution in [0.15, 0.2) is 18.2 Å². The molecule has 1 heterocycles. The number of anilines is 1. The molecule has 1 saturated heterocycles. The molecule has 4 nitrogen and oxygen atoms in total. The Morgan fingerprint density at radius 3 is 3.00 bits per heavy atom. The first-order valence-electron chi connectivity index (χ1n) is 6.02. The van der Waals surface area contributed by atoms with Crippen LogP contribution in [0.25, 0.3) is 0 Å². The molecule has 0 amide bonds. The van der Waals surface area contributed by atoms with Gasteiger partial charge in [0.15, 0.2) is 0 Å². The van der Waals surface area contributed by atoms with Gasteiger partial charge in [-0.15, -0.1) is 0 Å². The van der Waals surface area contributed by atoms with E-state index in [1.54, 1.807) is 7.11 Å². The fourth-order valence-electron chi connectivity index (χ4n) is 2.43. The van der Waals surface area contributed by atoms with E-state index >= 15 is 0 Å². The van der Waals surface area contributed by atoms with Gasteiger partial charge in [-0.25, -0.2) is 0 Å². The molecule has 0 radical (unpaired) electrons. The van der Waals surface area contributed by atoms with Crippen LogP contribution in [0, 0.1) is 0 Å². The fraction of sp³-hybridized carbons (Fsp3) is 0.462. The third-order valence-electron chi connectivity index (χ3n) is 3.37. The van der Waals surface area contributed by atoms with Gasteiger partial charge in [-0.3, -0.25) is 0 Å². The van der Waals surface area contributed by atoms with Crippen molar-refractivity contribution in [3.8, 4) is 5.75 Å². The Morgan fingerprint density at radius 2 is 2.39 bits per heavy atom. The number of aliphatic hydroxyl groups excluding tert-OH is 1. The van der Waals surface area contributed by atoms with Crippen molar-refractivity contribution in [2.24, 2.45) is 5.73 Å². The molecule has 1 atom stereocenters. The zero-order chi connectivity index (χ0) is 13.1. The van der Waals surface area contributed by atoms with E-state index in [1.807, 2.05) is 18.2 Å². The number of nitrogens with two attached hydrogens (primary N) is 1. The van der Waals surface area contributed by atoms with Crippen LogP contribution >= 0.6 is 12.2 Å². The smallest absolute Gasteiger partial charge is 0.120 e. The predicted molar refractivity (Wildman–Crippen MR) is 76.3 cm³/mol. The second-order valence-electron chi connectivity index (χ2n) is 4.42. The Bertz CT molecular complexity index is 451. The van der Waals surface area contributed by atoms with Crippen LogP contribution in [0.5, 0.6) is 5.75 Å². The summed E-state index contributed by atoms with van der Waals surface area (Å²) in [5.74, 6) is 0.772. The second-order valence-corrected chi connectivity index (χ2v) is 4.86. The first-order valence-corrected chi connectivity index (χ1v) is 6.43. The molecule has 0 aromatic heterocycles. The molecule has 1 fully saturated rings. The van der Waals surface area contributed by atoms with Crippen LogP contribution in [0.1, 0.15) is 18.4 Å². The molecule has 2 rings (SSSR count). The highest BCUT2D eigenvalue weighted by molar-refractivity contribution is 7.80. The van der Waals surface area contributed by atoms with Gasteiger partial charge in [0.2, 0.25) is 0 Å². The minimum atomic E-state index is 0.144. The zero-order valence-corrected chi connectivity index (χ0v) is 11.2. The summed E-state index contributed by atoms with van der Waals surface area (Å²) in [4.78, 5) is 2.54. The Balaban J connectivity index is 2.42. The molecule has 0 spiro atoms. The normalized spacial score (nSPS) is 19.0. The number of rotatable bonds is 4. The first kappa shape index (κ1) is 13.1. The fourth-order valence-corrected chi connectivity index (χ4v) is 2.60. The Morgan fingerprint density at radius 1 is 1.61 bits per heavy atom. The van der Waals surface area contributed by atoms with Crippen LogP contribution in [0.2, 0.25) is 0 Å². The van der Waals surface area contributed by atoms with Gasteiger partial charge in [-0.1, -0.05) is 12.2 Å². The SMILES string of the molecule is COc1ccc(C(N)=S)c(N2CCCC2CO)c1. The molecule has 0 saturated carbocycles. The van der Waals surface area contributed by atoms with Gasteiger partial charge >= 0.3 is 0 Å². The molecule has 0 bridgehead atoms. The summed E-state index contributed by atoms with van der Waals surface area (Å²) >= 11 is 5.09. The van der Waals surface area contributed by atoms with Crippen molar-refractivity contribution in [1.29, 1.82) is 0 Å². The van der Waals surface area contributed by atoms with E-state index < -0.39 is 0 Å². The van der Waals surface area contributed by atoms with E-state index in [0.29, 0.717) is 4.99 Å². The van der Waals surface area contributed by atoms with Gasteiger partial charge < -0.3 is 20.5 Å².